The van der Waals surface area contributed by atoms with Crippen LogP contribution in [0.1, 0.15) is 41.6 Å². The number of carbonyl (C=O) groups is 1. The zero-order valence-corrected chi connectivity index (χ0v) is 17.1. The Hall–Kier alpha value is -1.95. The summed E-state index contributed by atoms with van der Waals surface area (Å²) in [6.07, 6.45) is 4.06. The van der Waals surface area contributed by atoms with Crippen LogP contribution in [-0.2, 0) is 11.3 Å². The Bertz CT molecular complexity index is 853. The van der Waals surface area contributed by atoms with Gasteiger partial charge in [0, 0.05) is 31.7 Å². The number of likely N-dealkylation sites (tertiary alicyclic amines) is 1. The fraction of sp³-hybridized carbons (Fsp3) is 0.435. The van der Waals surface area contributed by atoms with Crippen molar-refractivity contribution in [3.05, 3.63) is 70.5 Å². The van der Waals surface area contributed by atoms with Crippen LogP contribution in [0.5, 0.6) is 0 Å². The molecule has 2 saturated heterocycles. The number of nitrogens with one attached hydrogen (secondary N) is 1. The second-order valence-electron chi connectivity index (χ2n) is 8.06. The summed E-state index contributed by atoms with van der Waals surface area (Å²) in [6.45, 7) is 3.50. The second-order valence-corrected chi connectivity index (χ2v) is 8.47. The summed E-state index contributed by atoms with van der Waals surface area (Å²) in [5.41, 5.74) is 1.65. The minimum atomic E-state index is -0.525. The molecule has 6 heteroatoms. The van der Waals surface area contributed by atoms with Crippen LogP contribution in [0, 0.1) is 5.82 Å². The molecule has 0 aliphatic carbocycles. The van der Waals surface area contributed by atoms with Crippen LogP contribution in [0.15, 0.2) is 48.5 Å². The Morgan fingerprint density at radius 3 is 2.66 bits per heavy atom. The highest BCUT2D eigenvalue weighted by Crippen LogP contribution is 2.39. The lowest BCUT2D eigenvalue weighted by Gasteiger charge is -2.39. The van der Waals surface area contributed by atoms with Gasteiger partial charge < -0.3 is 10.1 Å². The van der Waals surface area contributed by atoms with E-state index in [1.165, 1.54) is 23.8 Å². The van der Waals surface area contributed by atoms with E-state index in [4.69, 9.17) is 16.3 Å². The highest BCUT2D eigenvalue weighted by molar-refractivity contribution is 6.31. The summed E-state index contributed by atoms with van der Waals surface area (Å²) in [7, 11) is 0. The van der Waals surface area contributed by atoms with E-state index in [2.05, 4.69) is 34.5 Å². The molecule has 0 unspecified atom stereocenters. The van der Waals surface area contributed by atoms with Crippen molar-refractivity contribution in [2.45, 2.75) is 43.9 Å². The number of rotatable bonds is 5. The Morgan fingerprint density at radius 2 is 1.93 bits per heavy atom. The third-order valence-electron chi connectivity index (χ3n) is 6.03. The molecule has 0 bridgehead atoms. The van der Waals surface area contributed by atoms with Crippen LogP contribution in [0.2, 0.25) is 5.02 Å². The molecule has 2 aromatic carbocycles. The van der Waals surface area contributed by atoms with E-state index in [1.807, 2.05) is 6.07 Å². The fourth-order valence-electron chi connectivity index (χ4n) is 4.31. The number of benzene rings is 2. The number of ether oxygens (including phenoxy) is 1. The second kappa shape index (κ2) is 8.82. The number of halogens is 2. The summed E-state index contributed by atoms with van der Waals surface area (Å²) in [4.78, 5) is 14.8. The predicted octanol–water partition coefficient (Wildman–Crippen LogP) is 4.42. The quantitative estimate of drug-likeness (QED) is 0.784. The van der Waals surface area contributed by atoms with Gasteiger partial charge in [-0.1, -0.05) is 41.9 Å². The molecule has 0 saturated carbocycles. The molecular weight excluding hydrogens is 391 g/mol. The molecule has 0 radical (unpaired) electrons. The molecule has 1 atom stereocenters. The number of amides is 1. The van der Waals surface area contributed by atoms with Crippen molar-refractivity contribution in [1.29, 1.82) is 0 Å². The van der Waals surface area contributed by atoms with Crippen molar-refractivity contribution >= 4 is 17.5 Å². The number of hydrogen-bond donors (Lipinski definition) is 1. The zero-order chi connectivity index (χ0) is 20.3. The molecule has 2 aromatic rings. The zero-order valence-electron chi connectivity index (χ0n) is 16.4. The maximum atomic E-state index is 13.3. The standard InChI is InChI=1S/C23H26ClFN2O2/c24-20-14-18(6-7-21(20)25)22(28)26-15-19-8-9-23(29-19)10-12-27(13-11-23)16-17-4-2-1-3-5-17/h1-7,14,19H,8-13,15-16H2,(H,26,28)/t19-/m1/s1. The van der Waals surface area contributed by atoms with Gasteiger partial charge in [0.05, 0.1) is 16.7 Å². The first-order valence-corrected chi connectivity index (χ1v) is 10.6. The molecule has 0 aromatic heterocycles. The smallest absolute Gasteiger partial charge is 0.251 e. The maximum absolute atomic E-state index is 13.3. The van der Waals surface area contributed by atoms with E-state index in [0.717, 1.165) is 45.3 Å². The van der Waals surface area contributed by atoms with Crippen LogP contribution in [0.25, 0.3) is 0 Å². The van der Waals surface area contributed by atoms with Gasteiger partial charge in [-0.3, -0.25) is 9.69 Å². The maximum Gasteiger partial charge on any atom is 0.251 e. The summed E-state index contributed by atoms with van der Waals surface area (Å²) >= 11 is 5.76. The van der Waals surface area contributed by atoms with Gasteiger partial charge in [-0.2, -0.15) is 0 Å². The van der Waals surface area contributed by atoms with E-state index >= 15 is 0 Å². The molecule has 1 N–H and O–H groups in total. The van der Waals surface area contributed by atoms with E-state index in [0.29, 0.717) is 12.1 Å². The monoisotopic (exact) mass is 416 g/mol. The lowest BCUT2D eigenvalue weighted by Crippen LogP contribution is -2.44. The summed E-state index contributed by atoms with van der Waals surface area (Å²) in [6, 6.07) is 14.6. The third-order valence-corrected chi connectivity index (χ3v) is 6.32. The van der Waals surface area contributed by atoms with Crippen LogP contribution >= 0.6 is 11.6 Å². The van der Waals surface area contributed by atoms with Gasteiger partial charge in [0.2, 0.25) is 0 Å². The Labute approximate surface area is 176 Å². The molecule has 2 heterocycles. The first-order chi connectivity index (χ1) is 14.0. The van der Waals surface area contributed by atoms with E-state index < -0.39 is 5.82 Å². The minimum Gasteiger partial charge on any atom is -0.370 e. The molecule has 2 aliphatic rings. The Balaban J connectivity index is 1.24. The summed E-state index contributed by atoms with van der Waals surface area (Å²) < 4.78 is 19.6. The number of piperidine rings is 1. The molecule has 4 nitrogen and oxygen atoms in total. The molecule has 154 valence electrons. The largest absolute Gasteiger partial charge is 0.370 e. The molecule has 1 spiro atoms. The highest BCUT2D eigenvalue weighted by atomic mass is 35.5. The Kier molecular flexibility index (Phi) is 6.18. The van der Waals surface area contributed by atoms with Crippen molar-refractivity contribution in [2.24, 2.45) is 0 Å². The molecule has 2 aliphatic heterocycles. The third kappa shape index (κ3) is 4.97. The average molecular weight is 417 g/mol. The van der Waals surface area contributed by atoms with Crippen molar-refractivity contribution in [3.63, 3.8) is 0 Å². The number of hydrogen-bond acceptors (Lipinski definition) is 3. The van der Waals surface area contributed by atoms with Gasteiger partial charge in [-0.05, 0) is 49.4 Å². The van der Waals surface area contributed by atoms with Crippen LogP contribution in [-0.4, -0.2) is 42.1 Å². The predicted molar refractivity (Wildman–Crippen MR) is 112 cm³/mol. The minimum absolute atomic E-state index is 0.0237. The van der Waals surface area contributed by atoms with Crippen molar-refractivity contribution in [3.8, 4) is 0 Å². The van der Waals surface area contributed by atoms with Gasteiger partial charge in [0.25, 0.3) is 5.91 Å². The summed E-state index contributed by atoms with van der Waals surface area (Å²) in [5.74, 6) is -0.781. The van der Waals surface area contributed by atoms with Crippen LogP contribution < -0.4 is 5.32 Å². The normalized spacial score (nSPS) is 21.4. The molecular formula is C23H26ClFN2O2. The first kappa shape index (κ1) is 20.3. The van der Waals surface area contributed by atoms with Gasteiger partial charge in [0.15, 0.2) is 0 Å². The van der Waals surface area contributed by atoms with Crippen LogP contribution in [0.3, 0.4) is 0 Å². The molecule has 2 fully saturated rings. The lowest BCUT2D eigenvalue weighted by atomic mass is 9.88. The first-order valence-electron chi connectivity index (χ1n) is 10.2. The summed E-state index contributed by atoms with van der Waals surface area (Å²) in [5, 5.41) is 2.85. The highest BCUT2D eigenvalue weighted by Gasteiger charge is 2.42. The molecule has 1 amide bonds. The van der Waals surface area contributed by atoms with Crippen molar-refractivity contribution < 1.29 is 13.9 Å². The van der Waals surface area contributed by atoms with Crippen molar-refractivity contribution in [1.82, 2.24) is 10.2 Å². The Morgan fingerprint density at radius 1 is 1.17 bits per heavy atom. The van der Waals surface area contributed by atoms with E-state index in [1.54, 1.807) is 0 Å². The van der Waals surface area contributed by atoms with E-state index in [9.17, 15) is 9.18 Å². The fourth-order valence-corrected chi connectivity index (χ4v) is 4.49. The van der Waals surface area contributed by atoms with Gasteiger partial charge in [-0.15, -0.1) is 0 Å². The topological polar surface area (TPSA) is 41.6 Å². The van der Waals surface area contributed by atoms with Crippen LogP contribution in [0.4, 0.5) is 4.39 Å². The van der Waals surface area contributed by atoms with Crippen molar-refractivity contribution in [2.75, 3.05) is 19.6 Å². The lowest BCUT2D eigenvalue weighted by molar-refractivity contribution is -0.0764. The average Bonchev–Trinajstić information content (AvgIpc) is 3.13. The number of nitrogens with zero attached hydrogens (tertiary/aromatic N) is 1. The van der Waals surface area contributed by atoms with Gasteiger partial charge >= 0.3 is 0 Å². The van der Waals surface area contributed by atoms with Gasteiger partial charge in [0.1, 0.15) is 5.82 Å². The molecule has 29 heavy (non-hydrogen) atoms. The van der Waals surface area contributed by atoms with E-state index in [-0.39, 0.29) is 22.6 Å². The van der Waals surface area contributed by atoms with Gasteiger partial charge in [-0.25, -0.2) is 4.39 Å². The SMILES string of the molecule is O=C(NC[C@H]1CCC2(CCN(Cc3ccccc3)CC2)O1)c1ccc(F)c(Cl)c1. The number of carbonyl (C=O) groups excluding carboxylic acids is 1. The molecule has 4 rings (SSSR count).